The van der Waals surface area contributed by atoms with E-state index in [-0.39, 0.29) is 116 Å². The first-order valence-electron chi connectivity index (χ1n) is 9.51. The summed E-state index contributed by atoms with van der Waals surface area (Å²) in [5.74, 6) is 1.13. The van der Waals surface area contributed by atoms with Gasteiger partial charge in [0.25, 0.3) is 6.47 Å². The standard InChI is InChI=1S/C11H10BrNO.C9H7NO.C2H4Br2.CH2O3.2K.H/c12-5-7-14-10-4-3-9-2-1-6-13-11(9)8-10;11-8-4-3-7-2-1-5-10-9(7)6-8;3-1-2-4;2-1-4-3;;;/h1-4,6,8H,5,7H2;1-6,11H;1-2H2;1,3H;;;/q;;;;2*+1;-1/p-1. The zero-order valence-corrected chi connectivity index (χ0v) is 30.4. The molecular weight excluding hydrogens is 702 g/mol. The summed E-state index contributed by atoms with van der Waals surface area (Å²) < 4.78 is 5.48. The van der Waals surface area contributed by atoms with Crippen molar-refractivity contribution in [3.8, 4) is 11.5 Å². The Hall–Kier alpha value is 1.00. The summed E-state index contributed by atoms with van der Waals surface area (Å²) in [4.78, 5) is 19.6. The average molecular weight is 725 g/mol. The molecule has 0 saturated heterocycles. The third kappa shape index (κ3) is 17.3. The number of fused-ring (bicyclic) bond motifs is 2. The number of rotatable bonds is 5. The summed E-state index contributed by atoms with van der Waals surface area (Å²) in [6, 6.07) is 18.9. The van der Waals surface area contributed by atoms with Gasteiger partial charge in [0.2, 0.25) is 0 Å². The van der Waals surface area contributed by atoms with Gasteiger partial charge < -0.3 is 21.4 Å². The molecule has 2 aromatic carbocycles. The molecule has 0 atom stereocenters. The third-order valence-electron chi connectivity index (χ3n) is 3.62. The summed E-state index contributed by atoms with van der Waals surface area (Å²) in [5.41, 5.74) is 1.80. The molecule has 4 aromatic rings. The first-order chi connectivity index (χ1) is 16.1. The van der Waals surface area contributed by atoms with Crippen molar-refractivity contribution in [1.82, 2.24) is 9.97 Å². The Morgan fingerprint density at radius 1 is 0.857 bits per heavy atom. The molecule has 0 aliphatic heterocycles. The van der Waals surface area contributed by atoms with Crippen LogP contribution in [0.5, 0.6) is 11.5 Å². The van der Waals surface area contributed by atoms with E-state index in [1.54, 1.807) is 24.5 Å². The average Bonchev–Trinajstić information content (AvgIpc) is 2.88. The summed E-state index contributed by atoms with van der Waals surface area (Å²) in [6.07, 6.45) is 3.50. The van der Waals surface area contributed by atoms with Crippen molar-refractivity contribution >= 4 is 76.1 Å². The van der Waals surface area contributed by atoms with E-state index in [4.69, 9.17) is 19.9 Å². The molecule has 0 amide bonds. The molecule has 0 aliphatic carbocycles. The Bertz CT molecular complexity index is 1100. The molecule has 35 heavy (non-hydrogen) atoms. The largest absolute Gasteiger partial charge is 1.00 e. The molecule has 0 aliphatic rings. The second-order valence-corrected chi connectivity index (χ2v) is 8.23. The first-order valence-corrected chi connectivity index (χ1v) is 12.9. The van der Waals surface area contributed by atoms with Gasteiger partial charge in [-0.3, -0.25) is 14.8 Å². The van der Waals surface area contributed by atoms with Crippen LogP contribution in [0.25, 0.3) is 21.8 Å². The number of hydrogen-bond donors (Lipinski definition) is 1. The van der Waals surface area contributed by atoms with Crippen molar-refractivity contribution in [2.24, 2.45) is 0 Å². The second-order valence-electron chi connectivity index (χ2n) is 5.85. The fraction of sp³-hybridized carbons (Fsp3) is 0.174. The number of hydrogen-bond acceptors (Lipinski definition) is 7. The van der Waals surface area contributed by atoms with Gasteiger partial charge in [0.15, 0.2) is 0 Å². The van der Waals surface area contributed by atoms with E-state index in [2.05, 4.69) is 62.6 Å². The zero-order chi connectivity index (χ0) is 24.3. The van der Waals surface area contributed by atoms with E-state index in [0.717, 1.165) is 43.5 Å². The first kappa shape index (κ1) is 38.2. The van der Waals surface area contributed by atoms with Crippen LogP contribution in [0.3, 0.4) is 0 Å². The summed E-state index contributed by atoms with van der Waals surface area (Å²) in [5, 5.41) is 22.6. The normalized spacial score (nSPS) is 8.80. The van der Waals surface area contributed by atoms with Gasteiger partial charge in [-0.15, -0.1) is 0 Å². The fourth-order valence-corrected chi connectivity index (χ4v) is 2.51. The van der Waals surface area contributed by atoms with E-state index in [9.17, 15) is 0 Å². The summed E-state index contributed by atoms with van der Waals surface area (Å²) in [7, 11) is 0. The minimum Gasteiger partial charge on any atom is -1.00 e. The van der Waals surface area contributed by atoms with Crippen molar-refractivity contribution < 1.29 is 129 Å². The smallest absolute Gasteiger partial charge is 1.00 e. The Labute approximate surface area is 316 Å². The molecule has 1 N–H and O–H groups in total. The molecule has 0 fully saturated rings. The fourth-order valence-electron chi connectivity index (χ4n) is 2.35. The number of pyridine rings is 2. The van der Waals surface area contributed by atoms with Crippen LogP contribution < -0.4 is 113 Å². The summed E-state index contributed by atoms with van der Waals surface area (Å²) in [6.45, 7) is 0.498. The van der Waals surface area contributed by atoms with Gasteiger partial charge in [0, 0.05) is 51.3 Å². The van der Waals surface area contributed by atoms with Gasteiger partial charge in [-0.05, 0) is 36.4 Å². The van der Waals surface area contributed by atoms with E-state index >= 15 is 0 Å². The molecule has 0 unspecified atom stereocenters. The van der Waals surface area contributed by atoms with Crippen molar-refractivity contribution in [2.45, 2.75) is 0 Å². The SMILES string of the molecule is BrCCBr.BrCCOc1ccc2cccnc2c1.O=CO[O-].Oc1ccc2cccnc2c1.[H-].[K+].[K+]. The van der Waals surface area contributed by atoms with E-state index in [1.807, 2.05) is 48.5 Å². The van der Waals surface area contributed by atoms with Crippen molar-refractivity contribution in [3.63, 3.8) is 0 Å². The molecule has 0 bridgehead atoms. The van der Waals surface area contributed by atoms with Crippen molar-refractivity contribution in [3.05, 3.63) is 73.1 Å². The molecule has 7 nitrogen and oxygen atoms in total. The molecule has 2 heterocycles. The van der Waals surface area contributed by atoms with Gasteiger partial charge >= 0.3 is 103 Å². The molecule has 4 rings (SSSR count). The number of halogens is 3. The van der Waals surface area contributed by atoms with Crippen LogP contribution >= 0.6 is 47.8 Å². The van der Waals surface area contributed by atoms with Crippen LogP contribution in [-0.2, 0) is 9.68 Å². The minimum absolute atomic E-state index is 0. The van der Waals surface area contributed by atoms with Crippen molar-refractivity contribution in [1.29, 1.82) is 0 Å². The minimum atomic E-state index is -0.181. The summed E-state index contributed by atoms with van der Waals surface area (Å²) >= 11 is 9.72. The predicted molar refractivity (Wildman–Crippen MR) is 140 cm³/mol. The van der Waals surface area contributed by atoms with Crippen LogP contribution in [0.1, 0.15) is 1.43 Å². The number of alkyl halides is 3. The zero-order valence-electron chi connectivity index (χ0n) is 20.4. The van der Waals surface area contributed by atoms with Gasteiger partial charge in [-0.25, -0.2) is 0 Å². The number of nitrogens with zero attached hydrogens (tertiary/aromatic N) is 2. The molecule has 0 radical (unpaired) electrons. The number of carbonyl (C=O) groups excluding carboxylic acids is 1. The van der Waals surface area contributed by atoms with E-state index < -0.39 is 0 Å². The molecular formula is C23H23Br3K2N2O5. The van der Waals surface area contributed by atoms with Gasteiger partial charge in [0.05, 0.1) is 17.6 Å². The Kier molecular flexibility index (Phi) is 27.6. The van der Waals surface area contributed by atoms with Crippen LogP contribution in [0.4, 0.5) is 0 Å². The Balaban J connectivity index is -0.000000445. The Morgan fingerprint density at radius 3 is 1.86 bits per heavy atom. The number of ether oxygens (including phenoxy) is 1. The van der Waals surface area contributed by atoms with Crippen LogP contribution in [0.2, 0.25) is 0 Å². The van der Waals surface area contributed by atoms with E-state index in [1.165, 1.54) is 0 Å². The van der Waals surface area contributed by atoms with Crippen molar-refractivity contribution in [2.75, 3.05) is 22.6 Å². The van der Waals surface area contributed by atoms with Gasteiger partial charge in [0.1, 0.15) is 11.5 Å². The number of aromatic hydroxyl groups is 1. The molecule has 0 spiro atoms. The van der Waals surface area contributed by atoms with Crippen LogP contribution in [0.15, 0.2) is 73.1 Å². The maximum absolute atomic E-state index is 9.09. The third-order valence-corrected chi connectivity index (χ3v) is 5.80. The Morgan fingerprint density at radius 2 is 1.37 bits per heavy atom. The number of phenolic OH excluding ortho intramolecular Hbond substituents is 1. The second kappa shape index (κ2) is 25.3. The monoisotopic (exact) mass is 722 g/mol. The quantitative estimate of drug-likeness (QED) is 0.0954. The van der Waals surface area contributed by atoms with Crippen LogP contribution in [-0.4, -0.2) is 44.1 Å². The van der Waals surface area contributed by atoms with Crippen LogP contribution in [0, 0.1) is 0 Å². The number of carbonyl (C=O) groups is 1. The molecule has 178 valence electrons. The maximum Gasteiger partial charge on any atom is 1.00 e. The predicted octanol–water partition coefficient (Wildman–Crippen LogP) is -0.720. The maximum atomic E-state index is 9.09. The number of phenols is 1. The number of benzene rings is 2. The molecule has 0 saturated carbocycles. The molecule has 2 aromatic heterocycles. The topological polar surface area (TPSA) is 105 Å². The van der Waals surface area contributed by atoms with Gasteiger partial charge in [-0.2, -0.15) is 0 Å². The van der Waals surface area contributed by atoms with Gasteiger partial charge in [-0.1, -0.05) is 59.9 Å². The van der Waals surface area contributed by atoms with E-state index in [0.29, 0.717) is 6.61 Å². The molecule has 12 heteroatoms. The number of aromatic nitrogens is 2.